The molecular formula is C8H11NaO9. The van der Waals surface area contributed by atoms with Crippen molar-refractivity contribution in [2.24, 2.45) is 0 Å². The summed E-state index contributed by atoms with van der Waals surface area (Å²) in [5.41, 5.74) is 0. The number of carboxylic acid groups (broad SMARTS) is 4. The second-order valence-corrected chi connectivity index (χ2v) is 2.99. The average molecular weight is 274 g/mol. The molecule has 0 aliphatic carbocycles. The van der Waals surface area contributed by atoms with Gasteiger partial charge in [-0.05, 0) is 0 Å². The molecule has 0 rings (SSSR count). The Hall–Kier alpha value is -1.16. The molecule has 0 aromatic rings. The van der Waals surface area contributed by atoms with Gasteiger partial charge in [0.25, 0.3) is 0 Å². The summed E-state index contributed by atoms with van der Waals surface area (Å²) in [5, 5.41) is 33.8. The molecule has 0 fully saturated rings. The van der Waals surface area contributed by atoms with E-state index in [0.717, 1.165) is 0 Å². The zero-order valence-electron chi connectivity index (χ0n) is 8.40. The first kappa shape index (κ1) is 19.2. The molecule has 0 saturated carbocycles. The molecule has 0 aromatic heterocycles. The fourth-order valence-corrected chi connectivity index (χ4v) is 0.903. The van der Waals surface area contributed by atoms with Gasteiger partial charge in [-0.1, -0.05) is 0 Å². The molecule has 0 amide bonds. The summed E-state index contributed by atoms with van der Waals surface area (Å²) in [6.45, 7) is 0. The fourth-order valence-electron chi connectivity index (χ4n) is 0.903. The molecule has 0 bridgehead atoms. The Morgan fingerprint density at radius 3 is 1.22 bits per heavy atom. The van der Waals surface area contributed by atoms with E-state index >= 15 is 0 Å². The predicted octanol–water partition coefficient (Wildman–Crippen LogP) is -1.79. The monoisotopic (exact) mass is 274 g/mol. The van der Waals surface area contributed by atoms with E-state index in [-0.39, 0.29) is 29.6 Å². The van der Waals surface area contributed by atoms with Crippen molar-refractivity contribution in [1.82, 2.24) is 0 Å². The number of aliphatic carboxylic acids is 4. The van der Waals surface area contributed by atoms with Gasteiger partial charge in [-0.25, -0.2) is 9.59 Å². The molecule has 2 unspecified atom stereocenters. The first-order valence-electron chi connectivity index (χ1n) is 4.28. The van der Waals surface area contributed by atoms with E-state index in [9.17, 15) is 19.2 Å². The van der Waals surface area contributed by atoms with Crippen LogP contribution in [0.4, 0.5) is 0 Å². The molecule has 0 aliphatic heterocycles. The molecule has 10 heteroatoms. The Morgan fingerprint density at radius 2 is 1.06 bits per heavy atom. The second kappa shape index (κ2) is 8.86. The maximum atomic E-state index is 10.6. The number of hydrogen-bond acceptors (Lipinski definition) is 5. The van der Waals surface area contributed by atoms with Crippen LogP contribution >= 0.6 is 0 Å². The normalized spacial score (nSPS) is 12.9. The van der Waals surface area contributed by atoms with Crippen LogP contribution in [-0.2, 0) is 23.9 Å². The van der Waals surface area contributed by atoms with Gasteiger partial charge in [0.1, 0.15) is 0 Å². The maximum absolute atomic E-state index is 10.6. The van der Waals surface area contributed by atoms with Gasteiger partial charge in [-0.2, -0.15) is 0 Å². The van der Waals surface area contributed by atoms with Crippen molar-refractivity contribution in [3.05, 3.63) is 0 Å². The SMILES string of the molecule is O=C(O)CC(OC(CC(=O)O)C(=O)O)C(=O)O.[NaH]. The topological polar surface area (TPSA) is 158 Å². The minimum absolute atomic E-state index is 0. The molecule has 0 spiro atoms. The van der Waals surface area contributed by atoms with E-state index in [1.807, 2.05) is 0 Å². The number of carboxylic acids is 4. The Kier molecular flexibility index (Phi) is 9.45. The van der Waals surface area contributed by atoms with Crippen LogP contribution in [0.3, 0.4) is 0 Å². The molecular weight excluding hydrogens is 263 g/mol. The number of rotatable bonds is 8. The fraction of sp³-hybridized carbons (Fsp3) is 0.500. The Labute approximate surface area is 123 Å². The van der Waals surface area contributed by atoms with Gasteiger partial charge in [0.2, 0.25) is 0 Å². The molecule has 0 saturated heterocycles. The third-order valence-electron chi connectivity index (χ3n) is 1.60. The Bertz CT molecular complexity index is 307. The third kappa shape index (κ3) is 8.01. The predicted molar refractivity (Wildman–Crippen MR) is 55.6 cm³/mol. The summed E-state index contributed by atoms with van der Waals surface area (Å²) in [6.07, 6.45) is -5.74. The summed E-state index contributed by atoms with van der Waals surface area (Å²) in [6, 6.07) is 0. The van der Waals surface area contributed by atoms with Gasteiger partial charge < -0.3 is 25.2 Å². The van der Waals surface area contributed by atoms with Gasteiger partial charge in [0.15, 0.2) is 12.2 Å². The van der Waals surface area contributed by atoms with Gasteiger partial charge in [-0.15, -0.1) is 0 Å². The Morgan fingerprint density at radius 1 is 0.778 bits per heavy atom. The van der Waals surface area contributed by atoms with E-state index in [0.29, 0.717) is 0 Å². The van der Waals surface area contributed by atoms with Crippen LogP contribution < -0.4 is 0 Å². The van der Waals surface area contributed by atoms with E-state index in [2.05, 4.69) is 4.74 Å². The van der Waals surface area contributed by atoms with Crippen molar-refractivity contribution in [3.63, 3.8) is 0 Å². The van der Waals surface area contributed by atoms with Crippen molar-refractivity contribution < 1.29 is 44.3 Å². The van der Waals surface area contributed by atoms with E-state index < -0.39 is 48.9 Å². The molecule has 18 heavy (non-hydrogen) atoms. The number of ether oxygens (including phenoxy) is 1. The average Bonchev–Trinajstić information content (AvgIpc) is 2.13. The van der Waals surface area contributed by atoms with Gasteiger partial charge >= 0.3 is 53.4 Å². The molecule has 0 radical (unpaired) electrons. The summed E-state index contributed by atoms with van der Waals surface area (Å²) in [7, 11) is 0. The van der Waals surface area contributed by atoms with E-state index in [1.165, 1.54) is 0 Å². The van der Waals surface area contributed by atoms with Crippen LogP contribution in [0.2, 0.25) is 0 Å². The molecule has 98 valence electrons. The summed E-state index contributed by atoms with van der Waals surface area (Å²) >= 11 is 0. The first-order chi connectivity index (χ1) is 7.73. The Balaban J connectivity index is 0. The van der Waals surface area contributed by atoms with Crippen LogP contribution in [0.15, 0.2) is 0 Å². The molecule has 2 atom stereocenters. The minimum atomic E-state index is -1.91. The number of carbonyl (C=O) groups is 4. The van der Waals surface area contributed by atoms with E-state index in [4.69, 9.17) is 20.4 Å². The summed E-state index contributed by atoms with van der Waals surface area (Å²) in [4.78, 5) is 41.7. The molecule has 4 N–H and O–H groups in total. The van der Waals surface area contributed by atoms with Crippen LogP contribution in [0.1, 0.15) is 12.8 Å². The van der Waals surface area contributed by atoms with Gasteiger partial charge in [0, 0.05) is 0 Å². The van der Waals surface area contributed by atoms with Crippen molar-refractivity contribution >= 4 is 53.4 Å². The van der Waals surface area contributed by atoms with Crippen LogP contribution in [0.5, 0.6) is 0 Å². The summed E-state index contributed by atoms with van der Waals surface area (Å²) in [5.74, 6) is -6.36. The molecule has 0 heterocycles. The quantitative estimate of drug-likeness (QED) is 0.375. The van der Waals surface area contributed by atoms with Crippen molar-refractivity contribution in [1.29, 1.82) is 0 Å². The number of hydrogen-bond donors (Lipinski definition) is 4. The van der Waals surface area contributed by atoms with E-state index in [1.54, 1.807) is 0 Å². The molecule has 9 nitrogen and oxygen atoms in total. The van der Waals surface area contributed by atoms with Crippen molar-refractivity contribution in [2.45, 2.75) is 25.0 Å². The second-order valence-electron chi connectivity index (χ2n) is 2.99. The van der Waals surface area contributed by atoms with Crippen LogP contribution in [-0.4, -0.2) is 86.1 Å². The standard InChI is InChI=1S/C8H10O9.Na.H/c9-5(10)1-3(7(13)14)17-4(8(15)16)2-6(11)12;;/h3-4H,1-2H2,(H,9,10)(H,11,12)(H,13,14)(H,15,16);;. The molecule has 0 aromatic carbocycles. The molecule has 0 aliphatic rings. The zero-order valence-corrected chi connectivity index (χ0v) is 8.40. The first-order valence-corrected chi connectivity index (χ1v) is 4.28. The van der Waals surface area contributed by atoms with Gasteiger partial charge in [-0.3, -0.25) is 9.59 Å². The van der Waals surface area contributed by atoms with Crippen LogP contribution in [0.25, 0.3) is 0 Å². The van der Waals surface area contributed by atoms with Crippen molar-refractivity contribution in [3.8, 4) is 0 Å². The van der Waals surface area contributed by atoms with Gasteiger partial charge in [0.05, 0.1) is 12.8 Å². The van der Waals surface area contributed by atoms with Crippen molar-refractivity contribution in [2.75, 3.05) is 0 Å². The zero-order chi connectivity index (χ0) is 13.6. The third-order valence-corrected chi connectivity index (χ3v) is 1.60. The summed E-state index contributed by atoms with van der Waals surface area (Å²) < 4.78 is 4.43. The van der Waals surface area contributed by atoms with Crippen LogP contribution in [0, 0.1) is 0 Å².